The quantitative estimate of drug-likeness (QED) is 0.362. The zero-order valence-electron chi connectivity index (χ0n) is 10.2. The van der Waals surface area contributed by atoms with Crippen molar-refractivity contribution in [1.29, 1.82) is 5.41 Å². The Kier molecular flexibility index (Phi) is 5.63. The summed E-state index contributed by atoms with van der Waals surface area (Å²) in [6.07, 6.45) is 3.71. The summed E-state index contributed by atoms with van der Waals surface area (Å²) in [6, 6.07) is 3.53. The number of nitrogens with one attached hydrogen (secondary N) is 4. The van der Waals surface area contributed by atoms with Crippen molar-refractivity contribution in [2.75, 3.05) is 13.6 Å². The van der Waals surface area contributed by atoms with E-state index in [1.54, 1.807) is 25.4 Å². The Morgan fingerprint density at radius 1 is 1.53 bits per heavy atom. The van der Waals surface area contributed by atoms with Crippen molar-refractivity contribution in [1.82, 2.24) is 16.0 Å². The second-order valence-electron chi connectivity index (χ2n) is 3.44. The normalized spacial score (nSPS) is 11.1. The van der Waals surface area contributed by atoms with Crippen molar-refractivity contribution in [3.8, 4) is 0 Å². The maximum absolute atomic E-state index is 7.50. The average Bonchev–Trinajstić information content (AvgIpc) is 2.82. The lowest BCUT2D eigenvalue weighted by molar-refractivity contribution is 0.576. The van der Waals surface area contributed by atoms with E-state index in [0.717, 1.165) is 19.4 Å². The highest BCUT2D eigenvalue weighted by molar-refractivity contribution is 5.97. The first-order valence-corrected chi connectivity index (χ1v) is 5.65. The fraction of sp³-hybridized carbons (Fsp3) is 0.455. The molecule has 94 valence electrons. The van der Waals surface area contributed by atoms with Gasteiger partial charge in [-0.1, -0.05) is 13.3 Å². The van der Waals surface area contributed by atoms with Gasteiger partial charge in [-0.25, -0.2) is 0 Å². The largest absolute Gasteiger partial charge is 0.447 e. The van der Waals surface area contributed by atoms with Crippen LogP contribution in [0.5, 0.6) is 0 Å². The minimum atomic E-state index is 0.180. The molecule has 1 aromatic rings. The molecule has 0 aliphatic carbocycles. The lowest BCUT2D eigenvalue weighted by Crippen LogP contribution is -2.45. The van der Waals surface area contributed by atoms with Crippen LogP contribution in [-0.2, 0) is 0 Å². The molecule has 1 aromatic heterocycles. The predicted molar refractivity (Wildman–Crippen MR) is 68.6 cm³/mol. The number of hydrogen-bond donors (Lipinski definition) is 4. The van der Waals surface area contributed by atoms with E-state index in [0.29, 0.717) is 11.8 Å². The van der Waals surface area contributed by atoms with Crippen molar-refractivity contribution < 1.29 is 4.42 Å². The van der Waals surface area contributed by atoms with Crippen LogP contribution in [0.15, 0.2) is 27.8 Å². The summed E-state index contributed by atoms with van der Waals surface area (Å²) in [5, 5.41) is 16.1. The van der Waals surface area contributed by atoms with Crippen molar-refractivity contribution in [3.63, 3.8) is 0 Å². The van der Waals surface area contributed by atoms with E-state index in [1.807, 2.05) is 0 Å². The van der Waals surface area contributed by atoms with Gasteiger partial charge in [-0.05, 0) is 12.5 Å². The van der Waals surface area contributed by atoms with E-state index in [2.05, 4.69) is 27.9 Å². The zero-order valence-corrected chi connectivity index (χ0v) is 10.2. The number of hydrogen-bond acceptors (Lipinski definition) is 3. The monoisotopic (exact) mass is 237 g/mol. The molecule has 0 spiro atoms. The number of guanidine groups is 2. The standard InChI is InChI=1S/C11H19N5O/c1-3-4-7-14-11(16-10(12)13-2)15-9-6-5-8-17-9/h5-6,8H,3-4,7H2,1-2H3,(H4,12,13,14,15,16). The minimum absolute atomic E-state index is 0.180. The summed E-state index contributed by atoms with van der Waals surface area (Å²) in [7, 11) is 1.67. The number of nitrogens with zero attached hydrogens (tertiary/aromatic N) is 1. The third kappa shape index (κ3) is 5.05. The van der Waals surface area contributed by atoms with E-state index >= 15 is 0 Å². The molecule has 0 saturated carbocycles. The van der Waals surface area contributed by atoms with Crippen LogP contribution in [0.25, 0.3) is 0 Å². The first kappa shape index (κ1) is 13.1. The molecule has 0 aliphatic rings. The van der Waals surface area contributed by atoms with Gasteiger partial charge in [0.05, 0.1) is 6.26 Å². The van der Waals surface area contributed by atoms with Gasteiger partial charge in [0.25, 0.3) is 0 Å². The highest BCUT2D eigenvalue weighted by atomic mass is 16.3. The van der Waals surface area contributed by atoms with E-state index < -0.39 is 0 Å². The van der Waals surface area contributed by atoms with Crippen molar-refractivity contribution >= 4 is 17.8 Å². The molecule has 0 amide bonds. The molecule has 4 N–H and O–H groups in total. The summed E-state index contributed by atoms with van der Waals surface area (Å²) < 4.78 is 5.13. The van der Waals surface area contributed by atoms with E-state index in [4.69, 9.17) is 9.83 Å². The van der Waals surface area contributed by atoms with Gasteiger partial charge in [0.2, 0.25) is 11.8 Å². The Labute approximate surface area is 101 Å². The first-order chi connectivity index (χ1) is 8.26. The molecule has 0 aromatic carbocycles. The molecule has 1 rings (SSSR count). The summed E-state index contributed by atoms with van der Waals surface area (Å²) in [6.45, 7) is 2.92. The fourth-order valence-electron chi connectivity index (χ4n) is 1.12. The third-order valence-electron chi connectivity index (χ3n) is 2.04. The molecule has 0 fully saturated rings. The third-order valence-corrected chi connectivity index (χ3v) is 2.04. The van der Waals surface area contributed by atoms with Crippen molar-refractivity contribution in [2.45, 2.75) is 19.8 Å². The lowest BCUT2D eigenvalue weighted by atomic mass is 10.3. The second kappa shape index (κ2) is 7.32. The SMILES string of the molecule is CCCCNC(=Nc1ccco1)NC(=N)NC. The van der Waals surface area contributed by atoms with Gasteiger partial charge in [-0.2, -0.15) is 4.99 Å². The molecule has 0 bridgehead atoms. The van der Waals surface area contributed by atoms with Gasteiger partial charge in [-0.3, -0.25) is 10.7 Å². The Morgan fingerprint density at radius 3 is 2.94 bits per heavy atom. The summed E-state index contributed by atoms with van der Waals surface area (Å²) in [4.78, 5) is 4.23. The number of aliphatic imine (C=N–C) groups is 1. The number of rotatable bonds is 4. The van der Waals surface area contributed by atoms with Crippen molar-refractivity contribution in [3.05, 3.63) is 18.4 Å². The van der Waals surface area contributed by atoms with Crippen LogP contribution in [-0.4, -0.2) is 25.5 Å². The smallest absolute Gasteiger partial charge is 0.221 e. The van der Waals surface area contributed by atoms with Gasteiger partial charge in [0.1, 0.15) is 0 Å². The maximum Gasteiger partial charge on any atom is 0.221 e. The molecular weight excluding hydrogens is 218 g/mol. The molecule has 1 heterocycles. The molecule has 0 saturated heterocycles. The lowest BCUT2D eigenvalue weighted by Gasteiger charge is -2.11. The molecule has 0 aliphatic heterocycles. The van der Waals surface area contributed by atoms with E-state index in [9.17, 15) is 0 Å². The highest BCUT2D eigenvalue weighted by Crippen LogP contribution is 2.10. The second-order valence-corrected chi connectivity index (χ2v) is 3.44. The Bertz CT molecular complexity index is 358. The molecule has 0 radical (unpaired) electrons. The van der Waals surface area contributed by atoms with E-state index in [-0.39, 0.29) is 5.96 Å². The average molecular weight is 237 g/mol. The number of furan rings is 1. The minimum Gasteiger partial charge on any atom is -0.447 e. The molecule has 0 atom stereocenters. The topological polar surface area (TPSA) is 85.4 Å². The van der Waals surface area contributed by atoms with Gasteiger partial charge in [0.15, 0.2) is 5.96 Å². The summed E-state index contributed by atoms with van der Waals surface area (Å²) >= 11 is 0. The maximum atomic E-state index is 7.50. The summed E-state index contributed by atoms with van der Waals surface area (Å²) in [5.41, 5.74) is 0. The van der Waals surface area contributed by atoms with Crippen LogP contribution in [0.4, 0.5) is 5.88 Å². The zero-order chi connectivity index (χ0) is 12.5. The molecular formula is C11H19N5O. The van der Waals surface area contributed by atoms with Gasteiger partial charge < -0.3 is 15.1 Å². The Morgan fingerprint density at radius 2 is 2.35 bits per heavy atom. The molecule has 6 nitrogen and oxygen atoms in total. The molecule has 17 heavy (non-hydrogen) atoms. The van der Waals surface area contributed by atoms with Crippen LogP contribution in [0.3, 0.4) is 0 Å². The number of unbranched alkanes of at least 4 members (excludes halogenated alkanes) is 1. The molecule has 0 unspecified atom stereocenters. The van der Waals surface area contributed by atoms with Crippen LogP contribution >= 0.6 is 0 Å². The Balaban J connectivity index is 2.61. The Hall–Kier alpha value is -1.98. The van der Waals surface area contributed by atoms with Crippen molar-refractivity contribution in [2.24, 2.45) is 4.99 Å². The van der Waals surface area contributed by atoms with Crippen LogP contribution in [0.1, 0.15) is 19.8 Å². The van der Waals surface area contributed by atoms with Crippen LogP contribution in [0.2, 0.25) is 0 Å². The molecule has 6 heteroatoms. The fourth-order valence-corrected chi connectivity index (χ4v) is 1.12. The first-order valence-electron chi connectivity index (χ1n) is 5.65. The van der Waals surface area contributed by atoms with E-state index in [1.165, 1.54) is 0 Å². The predicted octanol–water partition coefficient (Wildman–Crippen LogP) is 1.40. The van der Waals surface area contributed by atoms with Crippen LogP contribution in [0, 0.1) is 5.41 Å². The van der Waals surface area contributed by atoms with Gasteiger partial charge >= 0.3 is 0 Å². The van der Waals surface area contributed by atoms with Gasteiger partial charge in [-0.15, -0.1) is 0 Å². The van der Waals surface area contributed by atoms with Gasteiger partial charge in [0, 0.05) is 19.7 Å². The summed E-state index contributed by atoms with van der Waals surface area (Å²) in [5.74, 6) is 1.19. The van der Waals surface area contributed by atoms with Crippen LogP contribution < -0.4 is 16.0 Å². The highest BCUT2D eigenvalue weighted by Gasteiger charge is 2.02.